The lowest BCUT2D eigenvalue weighted by Gasteiger charge is -2.40. The van der Waals surface area contributed by atoms with Gasteiger partial charge < -0.3 is 24.8 Å². The van der Waals surface area contributed by atoms with Crippen LogP contribution >= 0.6 is 0 Å². The molecule has 224 valence electrons. The molecule has 1 saturated heterocycles. The Kier molecular flexibility index (Phi) is 8.45. The van der Waals surface area contributed by atoms with Crippen molar-refractivity contribution >= 4 is 17.2 Å². The van der Waals surface area contributed by atoms with E-state index in [2.05, 4.69) is 26.4 Å². The van der Waals surface area contributed by atoms with Crippen molar-refractivity contribution in [1.82, 2.24) is 19.9 Å². The lowest BCUT2D eigenvalue weighted by Crippen LogP contribution is -2.53. The molecule has 43 heavy (non-hydrogen) atoms. The number of pyridine rings is 2. The first-order chi connectivity index (χ1) is 20.6. The first-order valence-corrected chi connectivity index (χ1v) is 13.9. The van der Waals surface area contributed by atoms with Crippen LogP contribution in [0.1, 0.15) is 49.0 Å². The molecule has 1 aromatic carbocycles. The second-order valence-electron chi connectivity index (χ2n) is 10.9. The largest absolute Gasteiger partial charge is 0.493 e. The molecule has 0 spiro atoms. The number of carbonyl (C=O) groups is 1. The van der Waals surface area contributed by atoms with Crippen molar-refractivity contribution in [3.8, 4) is 28.8 Å². The number of aliphatic hydroxyl groups excluding tert-OH is 1. The number of ether oxygens (including phenoxy) is 2. The van der Waals surface area contributed by atoms with Crippen LogP contribution in [0.15, 0.2) is 48.8 Å². The molecule has 4 heterocycles. The highest BCUT2D eigenvalue weighted by Gasteiger charge is 2.33. The van der Waals surface area contributed by atoms with Crippen LogP contribution in [-0.4, -0.2) is 64.1 Å². The van der Waals surface area contributed by atoms with Crippen LogP contribution in [0.2, 0.25) is 0 Å². The van der Waals surface area contributed by atoms with Crippen LogP contribution in [0, 0.1) is 23.0 Å². The summed E-state index contributed by atoms with van der Waals surface area (Å²) in [6.07, 6.45) is 4.55. The van der Waals surface area contributed by atoms with Gasteiger partial charge in [-0.2, -0.15) is 5.26 Å². The van der Waals surface area contributed by atoms with Crippen LogP contribution in [-0.2, 0) is 0 Å². The Bertz CT molecular complexity index is 1670. The van der Waals surface area contributed by atoms with Crippen LogP contribution in [0.25, 0.3) is 16.6 Å². The number of nitriles is 1. The van der Waals surface area contributed by atoms with Gasteiger partial charge in [0, 0.05) is 54.6 Å². The van der Waals surface area contributed by atoms with Gasteiger partial charge in [0.2, 0.25) is 0 Å². The van der Waals surface area contributed by atoms with Gasteiger partial charge in [-0.05, 0) is 51.0 Å². The summed E-state index contributed by atoms with van der Waals surface area (Å²) >= 11 is 0. The van der Waals surface area contributed by atoms with Gasteiger partial charge in [-0.3, -0.25) is 4.79 Å². The number of aliphatic hydroxyl groups is 1. The number of fused-ring (bicyclic) bond motifs is 1. The molecule has 3 aromatic heterocycles. The average molecular weight is 591 g/mol. The Morgan fingerprint density at radius 3 is 2.67 bits per heavy atom. The maximum Gasteiger partial charge on any atom is 0.255 e. The number of halogens is 2. The zero-order chi connectivity index (χ0) is 30.7. The predicted octanol–water partition coefficient (Wildman–Crippen LogP) is 4.49. The van der Waals surface area contributed by atoms with E-state index >= 15 is 0 Å². The van der Waals surface area contributed by atoms with Gasteiger partial charge in [0.25, 0.3) is 11.8 Å². The topological polar surface area (TPSA) is 125 Å². The Morgan fingerprint density at radius 2 is 2.02 bits per heavy atom. The van der Waals surface area contributed by atoms with Gasteiger partial charge in [0.05, 0.1) is 30.9 Å². The maximum atomic E-state index is 14.1. The number of carbonyl (C=O) groups excluding carboxylic acids is 1. The molecule has 5 rings (SSSR count). The Morgan fingerprint density at radius 1 is 1.26 bits per heavy atom. The first-order valence-electron chi connectivity index (χ1n) is 13.9. The van der Waals surface area contributed by atoms with Gasteiger partial charge in [-0.1, -0.05) is 6.07 Å². The molecule has 10 nitrogen and oxygen atoms in total. The zero-order valence-corrected chi connectivity index (χ0v) is 24.1. The maximum absolute atomic E-state index is 14.1. The van der Waals surface area contributed by atoms with E-state index in [1.54, 1.807) is 23.8 Å². The third kappa shape index (κ3) is 6.22. The quantitative estimate of drug-likeness (QED) is 0.292. The van der Waals surface area contributed by atoms with E-state index in [-0.39, 0.29) is 23.8 Å². The molecule has 1 aliphatic heterocycles. The number of nitrogens with zero attached hydrogens (tertiary/aromatic N) is 5. The average Bonchev–Trinajstić information content (AvgIpc) is 3.34. The van der Waals surface area contributed by atoms with Crippen molar-refractivity contribution in [3.05, 3.63) is 71.6 Å². The van der Waals surface area contributed by atoms with Crippen LogP contribution in [0.4, 0.5) is 14.6 Å². The minimum atomic E-state index is -0.933. The smallest absolute Gasteiger partial charge is 0.255 e. The fourth-order valence-electron chi connectivity index (χ4n) is 5.20. The van der Waals surface area contributed by atoms with Crippen molar-refractivity contribution in [2.24, 2.45) is 0 Å². The van der Waals surface area contributed by atoms with Crippen molar-refractivity contribution in [1.29, 1.82) is 5.26 Å². The molecule has 1 unspecified atom stereocenters. The highest BCUT2D eigenvalue weighted by Crippen LogP contribution is 2.33. The predicted molar refractivity (Wildman–Crippen MR) is 155 cm³/mol. The Balaban J connectivity index is 1.29. The van der Waals surface area contributed by atoms with E-state index in [0.717, 1.165) is 23.0 Å². The second-order valence-corrected chi connectivity index (χ2v) is 10.9. The Labute approximate surface area is 247 Å². The van der Waals surface area contributed by atoms with Gasteiger partial charge in [0.15, 0.2) is 11.6 Å². The minimum Gasteiger partial charge on any atom is -0.493 e. The number of methoxy groups -OCH3 is 1. The van der Waals surface area contributed by atoms with Gasteiger partial charge in [-0.15, -0.1) is 5.10 Å². The molecule has 1 amide bonds. The first kappa shape index (κ1) is 29.7. The van der Waals surface area contributed by atoms with E-state index in [4.69, 9.17) is 9.47 Å². The molecule has 1 aliphatic rings. The number of anilines is 1. The number of rotatable bonds is 9. The molecule has 12 heteroatoms. The summed E-state index contributed by atoms with van der Waals surface area (Å²) in [6.45, 7) is 5.01. The molecular weight excluding hydrogens is 558 g/mol. The number of aromatic nitrogens is 3. The van der Waals surface area contributed by atoms with E-state index in [1.807, 2.05) is 31.2 Å². The third-order valence-corrected chi connectivity index (χ3v) is 7.63. The number of piperidine rings is 1. The molecule has 1 fully saturated rings. The van der Waals surface area contributed by atoms with Crippen LogP contribution in [0.3, 0.4) is 0 Å². The van der Waals surface area contributed by atoms with Crippen molar-refractivity contribution < 1.29 is 28.2 Å². The number of hydrogen-bond acceptors (Lipinski definition) is 8. The van der Waals surface area contributed by atoms with Crippen LogP contribution < -0.4 is 19.7 Å². The molecule has 0 radical (unpaired) electrons. The molecule has 4 aromatic rings. The third-order valence-electron chi connectivity index (χ3n) is 7.63. The van der Waals surface area contributed by atoms with Crippen molar-refractivity contribution in [3.63, 3.8) is 0 Å². The van der Waals surface area contributed by atoms with Gasteiger partial charge in [0.1, 0.15) is 23.3 Å². The Hall–Kier alpha value is -4.76. The number of benzene rings is 1. The molecular formula is C31H32F2N6O4. The van der Waals surface area contributed by atoms with E-state index < -0.39 is 29.2 Å². The monoisotopic (exact) mass is 590 g/mol. The molecule has 1 atom stereocenters. The molecule has 0 saturated carbocycles. The lowest BCUT2D eigenvalue weighted by atomic mass is 9.89. The summed E-state index contributed by atoms with van der Waals surface area (Å²) in [7, 11) is 1.23. The number of nitrogens with one attached hydrogen (secondary N) is 1. The lowest BCUT2D eigenvalue weighted by molar-refractivity contribution is 0.0887. The summed E-state index contributed by atoms with van der Waals surface area (Å²) in [4.78, 5) is 19.7. The highest BCUT2D eigenvalue weighted by atomic mass is 19.1. The van der Waals surface area contributed by atoms with Gasteiger partial charge >= 0.3 is 0 Å². The fraction of sp³-hybridized carbons (Fsp3) is 0.355. The second kappa shape index (κ2) is 12.2. The zero-order valence-electron chi connectivity index (χ0n) is 24.1. The van der Waals surface area contributed by atoms with Gasteiger partial charge in [-0.25, -0.2) is 18.3 Å². The number of amides is 1. The summed E-state index contributed by atoms with van der Waals surface area (Å²) in [5.74, 6) is -1.71. The summed E-state index contributed by atoms with van der Waals surface area (Å²) in [6, 6.07) is 11.4. The molecule has 0 bridgehead atoms. The normalized spacial score (nSPS) is 15.1. The summed E-state index contributed by atoms with van der Waals surface area (Å²) < 4.78 is 40.2. The van der Waals surface area contributed by atoms with Crippen LogP contribution in [0.5, 0.6) is 11.6 Å². The standard InChI is InChI=1S/C31H32F2N6O4/c1-19(40)8-14-43-30-24(17-34)27-22(5-4-11-39(27)37-30)20-6-7-26(35-18-20)38-12-9-31(2,10-13-38)36-29(41)23-15-21(32)16-25(33)28(23)42-3/h4-7,11,15-16,18-19,40H,8-10,12-14H2,1-3H3,(H,36,41). The summed E-state index contributed by atoms with van der Waals surface area (Å²) in [5.41, 5.74) is 1.70. The van der Waals surface area contributed by atoms with E-state index in [0.29, 0.717) is 49.5 Å². The van der Waals surface area contributed by atoms with E-state index in [1.165, 1.54) is 7.11 Å². The molecule has 0 aliphatic carbocycles. The highest BCUT2D eigenvalue weighted by molar-refractivity contribution is 5.97. The van der Waals surface area contributed by atoms with Crippen molar-refractivity contribution in [2.75, 3.05) is 31.7 Å². The SMILES string of the molecule is COc1c(F)cc(F)cc1C(=O)NC1(C)CCN(c2ccc(-c3cccn4nc(OCCC(C)O)c(C#N)c34)cn2)CC1. The van der Waals surface area contributed by atoms with E-state index in [9.17, 15) is 23.9 Å². The van der Waals surface area contributed by atoms with Crippen molar-refractivity contribution in [2.45, 2.75) is 44.8 Å². The molecule has 2 N–H and O–H groups in total. The summed E-state index contributed by atoms with van der Waals surface area (Å²) in [5, 5.41) is 26.8. The number of hydrogen-bond donors (Lipinski definition) is 2. The fourth-order valence-corrected chi connectivity index (χ4v) is 5.20. The minimum absolute atomic E-state index is 0.188.